The number of ether oxygens (including phenoxy) is 1. The Morgan fingerprint density at radius 2 is 1.91 bits per heavy atom. The molecule has 4 aromatic rings. The molecule has 11 heteroatoms. The van der Waals surface area contributed by atoms with Crippen LogP contribution >= 0.6 is 22.7 Å². The number of piperidine rings is 1. The van der Waals surface area contributed by atoms with Crippen molar-refractivity contribution in [2.24, 2.45) is 0 Å². The van der Waals surface area contributed by atoms with Gasteiger partial charge in [0.1, 0.15) is 16.4 Å². The van der Waals surface area contributed by atoms with Crippen molar-refractivity contribution in [1.29, 1.82) is 0 Å². The number of aromatic nitrogens is 4. The number of amides is 1. The van der Waals surface area contributed by atoms with E-state index in [1.54, 1.807) is 36.7 Å². The molecule has 5 heterocycles. The Morgan fingerprint density at radius 1 is 1.12 bits per heavy atom. The van der Waals surface area contributed by atoms with Crippen LogP contribution < -0.4 is 0 Å². The fraction of sp³-hybridized carbons (Fsp3) is 0.304. The minimum atomic E-state index is -0.516. The maximum absolute atomic E-state index is 13.0. The van der Waals surface area contributed by atoms with Gasteiger partial charge in [-0.3, -0.25) is 9.78 Å². The number of esters is 1. The summed E-state index contributed by atoms with van der Waals surface area (Å²) in [5.41, 5.74) is 2.22. The van der Waals surface area contributed by atoms with Gasteiger partial charge in [0.05, 0.1) is 11.6 Å². The molecule has 1 aliphatic rings. The molecule has 0 N–H and O–H groups in total. The summed E-state index contributed by atoms with van der Waals surface area (Å²) in [6.45, 7) is 3.31. The standard InChI is InChI=1S/C23H21N5O4S2/c1-2-31-23(30)16-11-19(32-27-16)17-12-33-21(25-17)15-5-9-28(10-6-15)22(29)18-13-34-20(26-18)14-3-7-24-8-4-14/h3-4,7-8,11-13,15H,2,5-6,9-10H2,1H3. The van der Waals surface area contributed by atoms with Crippen LogP contribution in [0.1, 0.15) is 51.7 Å². The summed E-state index contributed by atoms with van der Waals surface area (Å²) >= 11 is 3.01. The monoisotopic (exact) mass is 495 g/mol. The highest BCUT2D eigenvalue weighted by atomic mass is 32.1. The Kier molecular flexibility index (Phi) is 6.45. The van der Waals surface area contributed by atoms with Crippen LogP contribution in [0.25, 0.3) is 22.0 Å². The van der Waals surface area contributed by atoms with Crippen LogP contribution in [0.15, 0.2) is 45.9 Å². The van der Waals surface area contributed by atoms with Crippen LogP contribution in [-0.4, -0.2) is 56.6 Å². The second-order valence-electron chi connectivity index (χ2n) is 7.71. The highest BCUT2D eigenvalue weighted by Crippen LogP contribution is 2.34. The summed E-state index contributed by atoms with van der Waals surface area (Å²) in [4.78, 5) is 39.9. The number of thiazole rings is 2. The summed E-state index contributed by atoms with van der Waals surface area (Å²) in [5.74, 6) is 0.144. The first kappa shape index (κ1) is 22.4. The zero-order valence-corrected chi connectivity index (χ0v) is 20.0. The summed E-state index contributed by atoms with van der Waals surface area (Å²) in [6.07, 6.45) is 5.08. The maximum atomic E-state index is 13.0. The van der Waals surface area contributed by atoms with Gasteiger partial charge in [-0.15, -0.1) is 22.7 Å². The topological polar surface area (TPSA) is 111 Å². The third-order valence-electron chi connectivity index (χ3n) is 5.55. The van der Waals surface area contributed by atoms with E-state index in [4.69, 9.17) is 14.2 Å². The van der Waals surface area contributed by atoms with Gasteiger partial charge in [-0.2, -0.15) is 0 Å². The van der Waals surface area contributed by atoms with E-state index < -0.39 is 5.97 Å². The second kappa shape index (κ2) is 9.82. The molecule has 0 atom stereocenters. The number of nitrogens with zero attached hydrogens (tertiary/aromatic N) is 5. The summed E-state index contributed by atoms with van der Waals surface area (Å²) < 4.78 is 10.2. The summed E-state index contributed by atoms with van der Waals surface area (Å²) in [5, 5.41) is 9.30. The van der Waals surface area contributed by atoms with E-state index in [1.165, 1.54) is 11.3 Å². The Morgan fingerprint density at radius 3 is 2.68 bits per heavy atom. The predicted molar refractivity (Wildman–Crippen MR) is 127 cm³/mol. The van der Waals surface area contributed by atoms with E-state index in [2.05, 4.69) is 15.1 Å². The van der Waals surface area contributed by atoms with Crippen LogP contribution in [0.5, 0.6) is 0 Å². The first-order valence-electron chi connectivity index (χ1n) is 10.9. The largest absolute Gasteiger partial charge is 0.461 e. The van der Waals surface area contributed by atoms with Crippen molar-refractivity contribution in [2.75, 3.05) is 19.7 Å². The molecule has 9 nitrogen and oxygen atoms in total. The molecular formula is C23H21N5O4S2. The lowest BCUT2D eigenvalue weighted by atomic mass is 9.97. The van der Waals surface area contributed by atoms with Gasteiger partial charge in [-0.25, -0.2) is 14.8 Å². The molecule has 0 unspecified atom stereocenters. The van der Waals surface area contributed by atoms with Crippen LogP contribution in [-0.2, 0) is 4.74 Å². The van der Waals surface area contributed by atoms with Gasteiger partial charge in [-0.05, 0) is 31.9 Å². The van der Waals surface area contributed by atoms with Gasteiger partial charge < -0.3 is 14.2 Å². The molecule has 0 bridgehead atoms. The van der Waals surface area contributed by atoms with E-state index in [-0.39, 0.29) is 24.1 Å². The van der Waals surface area contributed by atoms with E-state index in [0.29, 0.717) is 30.2 Å². The Hall–Kier alpha value is -3.44. The average Bonchev–Trinajstić information content (AvgIpc) is 3.65. The van der Waals surface area contributed by atoms with Gasteiger partial charge in [0.2, 0.25) is 0 Å². The molecule has 0 radical (unpaired) electrons. The zero-order valence-electron chi connectivity index (χ0n) is 18.3. The van der Waals surface area contributed by atoms with Gasteiger partial charge in [0.15, 0.2) is 11.5 Å². The minimum absolute atomic E-state index is 0.0389. The average molecular weight is 496 g/mol. The molecular weight excluding hydrogens is 474 g/mol. The summed E-state index contributed by atoms with van der Waals surface area (Å²) in [6, 6.07) is 5.32. The lowest BCUT2D eigenvalue weighted by molar-refractivity contribution is 0.0514. The highest BCUT2D eigenvalue weighted by Gasteiger charge is 2.28. The number of hydrogen-bond acceptors (Lipinski definition) is 10. The molecule has 0 aromatic carbocycles. The molecule has 0 saturated carbocycles. The fourth-order valence-electron chi connectivity index (χ4n) is 3.78. The van der Waals surface area contributed by atoms with Crippen LogP contribution in [0.4, 0.5) is 0 Å². The maximum Gasteiger partial charge on any atom is 0.360 e. The predicted octanol–water partition coefficient (Wildman–Crippen LogP) is 4.51. The second-order valence-corrected chi connectivity index (χ2v) is 9.46. The van der Waals surface area contributed by atoms with E-state index in [1.807, 2.05) is 27.8 Å². The summed E-state index contributed by atoms with van der Waals surface area (Å²) in [7, 11) is 0. The third-order valence-corrected chi connectivity index (χ3v) is 7.45. The molecule has 1 fully saturated rings. The molecule has 1 saturated heterocycles. The normalized spacial score (nSPS) is 14.3. The fourth-order valence-corrected chi connectivity index (χ4v) is 5.56. The van der Waals surface area contributed by atoms with E-state index in [0.717, 1.165) is 28.4 Å². The van der Waals surface area contributed by atoms with Gasteiger partial charge in [0, 0.05) is 53.8 Å². The van der Waals surface area contributed by atoms with Crippen molar-refractivity contribution < 1.29 is 18.8 Å². The molecule has 4 aromatic heterocycles. The van der Waals surface area contributed by atoms with Crippen molar-refractivity contribution in [2.45, 2.75) is 25.7 Å². The number of pyridine rings is 1. The quantitative estimate of drug-likeness (QED) is 0.359. The van der Waals surface area contributed by atoms with E-state index in [9.17, 15) is 9.59 Å². The number of hydrogen-bond donors (Lipinski definition) is 0. The van der Waals surface area contributed by atoms with Gasteiger partial charge in [0.25, 0.3) is 5.91 Å². The molecule has 5 rings (SSSR count). The van der Waals surface area contributed by atoms with Crippen molar-refractivity contribution in [3.05, 3.63) is 57.7 Å². The number of carbonyl (C=O) groups excluding carboxylic acids is 2. The molecule has 174 valence electrons. The third kappa shape index (κ3) is 4.62. The number of carbonyl (C=O) groups is 2. The Balaban J connectivity index is 1.20. The molecule has 1 aliphatic heterocycles. The van der Waals surface area contributed by atoms with E-state index >= 15 is 0 Å². The minimum Gasteiger partial charge on any atom is -0.461 e. The van der Waals surface area contributed by atoms with Gasteiger partial charge >= 0.3 is 5.97 Å². The van der Waals surface area contributed by atoms with Crippen LogP contribution in [0, 0.1) is 0 Å². The Labute approximate surface area is 203 Å². The van der Waals surface area contributed by atoms with Gasteiger partial charge in [-0.1, -0.05) is 5.16 Å². The number of rotatable bonds is 6. The van der Waals surface area contributed by atoms with Crippen molar-refractivity contribution in [3.63, 3.8) is 0 Å². The highest BCUT2D eigenvalue weighted by molar-refractivity contribution is 7.13. The van der Waals surface area contributed by atoms with Crippen LogP contribution in [0.3, 0.4) is 0 Å². The molecule has 0 aliphatic carbocycles. The number of likely N-dealkylation sites (tertiary alicyclic amines) is 1. The van der Waals surface area contributed by atoms with Crippen molar-refractivity contribution in [1.82, 2.24) is 25.0 Å². The first-order valence-corrected chi connectivity index (χ1v) is 12.6. The Bertz CT molecular complexity index is 1290. The molecule has 0 spiro atoms. The van der Waals surface area contributed by atoms with Crippen molar-refractivity contribution in [3.8, 4) is 22.0 Å². The lowest BCUT2D eigenvalue weighted by Crippen LogP contribution is -2.38. The SMILES string of the molecule is CCOC(=O)c1cc(-c2csc(C3CCN(C(=O)c4csc(-c5ccncc5)n4)CC3)n2)on1. The lowest BCUT2D eigenvalue weighted by Gasteiger charge is -2.30. The van der Waals surface area contributed by atoms with Crippen LogP contribution in [0.2, 0.25) is 0 Å². The zero-order chi connectivity index (χ0) is 23.5. The van der Waals surface area contributed by atoms with Crippen molar-refractivity contribution >= 4 is 34.6 Å². The molecule has 1 amide bonds. The molecule has 34 heavy (non-hydrogen) atoms. The first-order chi connectivity index (χ1) is 16.6. The smallest absolute Gasteiger partial charge is 0.360 e.